The predicted octanol–water partition coefficient (Wildman–Crippen LogP) is 2.87. The number of anilines is 1. The van der Waals surface area contributed by atoms with Crippen LogP contribution in [0, 0.1) is 0 Å². The summed E-state index contributed by atoms with van der Waals surface area (Å²) < 4.78 is 0.131. The second-order valence-corrected chi connectivity index (χ2v) is 7.49. The minimum Gasteiger partial charge on any atom is -0.385 e. The smallest absolute Gasteiger partial charge is 0.272 e. The van der Waals surface area contributed by atoms with Gasteiger partial charge in [-0.25, -0.2) is 0 Å². The molecule has 1 saturated heterocycles. The van der Waals surface area contributed by atoms with Gasteiger partial charge in [-0.05, 0) is 32.4 Å². The second kappa shape index (κ2) is 6.48. The van der Waals surface area contributed by atoms with Gasteiger partial charge < -0.3 is 10.2 Å². The van der Waals surface area contributed by atoms with Crippen LogP contribution in [-0.4, -0.2) is 45.9 Å². The average Bonchev–Trinajstić information content (AvgIpc) is 2.43. The zero-order chi connectivity index (χ0) is 14.6. The highest BCUT2D eigenvalue weighted by Crippen LogP contribution is 2.30. The van der Waals surface area contributed by atoms with Gasteiger partial charge in [0.05, 0.1) is 0 Å². The summed E-state index contributed by atoms with van der Waals surface area (Å²) in [7, 11) is 0. The zero-order valence-electron chi connectivity index (χ0n) is 12.5. The van der Waals surface area contributed by atoms with Gasteiger partial charge in [0.25, 0.3) is 5.91 Å². The van der Waals surface area contributed by atoms with Crippen LogP contribution in [0.2, 0.25) is 0 Å². The highest BCUT2D eigenvalue weighted by atomic mass is 32.2. The van der Waals surface area contributed by atoms with E-state index in [9.17, 15) is 4.79 Å². The first-order valence-corrected chi connectivity index (χ1v) is 8.13. The molecule has 1 fully saturated rings. The van der Waals surface area contributed by atoms with Crippen molar-refractivity contribution in [3.8, 4) is 0 Å². The largest absolute Gasteiger partial charge is 0.385 e. The van der Waals surface area contributed by atoms with Crippen molar-refractivity contribution in [2.24, 2.45) is 0 Å². The van der Waals surface area contributed by atoms with Gasteiger partial charge >= 0.3 is 0 Å². The maximum atomic E-state index is 12.5. The monoisotopic (exact) mass is 293 g/mol. The van der Waals surface area contributed by atoms with Gasteiger partial charge in [0.2, 0.25) is 0 Å². The summed E-state index contributed by atoms with van der Waals surface area (Å²) in [6.45, 7) is 8.98. The average molecular weight is 293 g/mol. The van der Waals surface area contributed by atoms with Crippen molar-refractivity contribution < 1.29 is 4.79 Å². The lowest BCUT2D eigenvalue weighted by Gasteiger charge is -2.37. The number of hydrogen-bond donors (Lipinski definition) is 1. The Labute approximate surface area is 125 Å². The van der Waals surface area contributed by atoms with E-state index in [1.807, 2.05) is 28.8 Å². The first kappa shape index (κ1) is 15.2. The molecule has 1 aromatic rings. The molecule has 0 saturated carbocycles. The number of nitrogens with one attached hydrogen (secondary N) is 1. The van der Waals surface area contributed by atoms with Gasteiger partial charge in [-0.1, -0.05) is 6.92 Å². The molecule has 0 bridgehead atoms. The Balaban J connectivity index is 2.08. The molecule has 2 rings (SSSR count). The molecule has 0 aliphatic carbocycles. The van der Waals surface area contributed by atoms with Crippen molar-refractivity contribution in [3.05, 3.63) is 24.0 Å². The number of carbonyl (C=O) groups is 1. The topological polar surface area (TPSA) is 45.2 Å². The lowest BCUT2D eigenvalue weighted by atomic mass is 10.1. The zero-order valence-corrected chi connectivity index (χ0v) is 13.3. The van der Waals surface area contributed by atoms with Crippen molar-refractivity contribution in [3.63, 3.8) is 0 Å². The number of pyridine rings is 1. The fourth-order valence-electron chi connectivity index (χ4n) is 2.28. The molecule has 5 heteroatoms. The van der Waals surface area contributed by atoms with Gasteiger partial charge in [-0.15, -0.1) is 0 Å². The molecule has 0 atom stereocenters. The van der Waals surface area contributed by atoms with Crippen molar-refractivity contribution in [2.45, 2.75) is 31.9 Å². The number of rotatable bonds is 4. The summed E-state index contributed by atoms with van der Waals surface area (Å²) in [6.07, 6.45) is 2.76. The minimum atomic E-state index is 0.0403. The fraction of sp³-hybridized carbons (Fsp3) is 0.600. The van der Waals surface area contributed by atoms with Gasteiger partial charge in [0.1, 0.15) is 5.69 Å². The van der Waals surface area contributed by atoms with Crippen molar-refractivity contribution in [1.82, 2.24) is 9.88 Å². The van der Waals surface area contributed by atoms with Crippen LogP contribution in [0.25, 0.3) is 0 Å². The van der Waals surface area contributed by atoms with Gasteiger partial charge in [0, 0.05) is 42.0 Å². The molecule has 0 unspecified atom stereocenters. The number of hydrogen-bond acceptors (Lipinski definition) is 4. The first-order valence-electron chi connectivity index (χ1n) is 7.15. The normalized spacial score (nSPS) is 17.9. The third-order valence-electron chi connectivity index (χ3n) is 3.27. The molecule has 0 radical (unpaired) electrons. The molecule has 4 nitrogen and oxygen atoms in total. The minimum absolute atomic E-state index is 0.0403. The van der Waals surface area contributed by atoms with Crippen molar-refractivity contribution >= 4 is 23.4 Å². The summed E-state index contributed by atoms with van der Waals surface area (Å²) in [5.41, 5.74) is 1.50. The summed E-state index contributed by atoms with van der Waals surface area (Å²) in [6, 6.07) is 3.76. The number of amides is 1. The Morgan fingerprint density at radius 1 is 1.55 bits per heavy atom. The number of carbonyl (C=O) groups excluding carboxylic acids is 1. The van der Waals surface area contributed by atoms with E-state index in [4.69, 9.17) is 0 Å². The van der Waals surface area contributed by atoms with Gasteiger partial charge in [-0.2, -0.15) is 11.8 Å². The lowest BCUT2D eigenvalue weighted by Crippen LogP contribution is -2.46. The van der Waals surface area contributed by atoms with Crippen molar-refractivity contribution in [1.29, 1.82) is 0 Å². The van der Waals surface area contributed by atoms with Crippen LogP contribution in [-0.2, 0) is 0 Å². The van der Waals surface area contributed by atoms with E-state index in [0.29, 0.717) is 5.69 Å². The Bertz CT molecular complexity index is 476. The highest BCUT2D eigenvalue weighted by Gasteiger charge is 2.30. The molecule has 1 aliphatic heterocycles. The predicted molar refractivity (Wildman–Crippen MR) is 85.5 cm³/mol. The van der Waals surface area contributed by atoms with Crippen LogP contribution in [0.1, 0.15) is 37.7 Å². The molecule has 1 N–H and O–H groups in total. The van der Waals surface area contributed by atoms with Gasteiger partial charge in [0.15, 0.2) is 0 Å². The van der Waals surface area contributed by atoms with E-state index in [-0.39, 0.29) is 10.7 Å². The molecular weight excluding hydrogens is 270 g/mol. The molecule has 1 amide bonds. The number of aromatic nitrogens is 1. The molecule has 110 valence electrons. The lowest BCUT2D eigenvalue weighted by molar-refractivity contribution is 0.0742. The van der Waals surface area contributed by atoms with Gasteiger partial charge in [-0.3, -0.25) is 9.78 Å². The quantitative estimate of drug-likeness (QED) is 0.927. The van der Waals surface area contributed by atoms with Crippen LogP contribution < -0.4 is 5.32 Å². The SMILES string of the molecule is CCCNc1ccnc(C(=O)N2CCSC(C)(C)C2)c1. The van der Waals surface area contributed by atoms with E-state index < -0.39 is 0 Å². The molecule has 0 spiro atoms. The maximum Gasteiger partial charge on any atom is 0.272 e. The van der Waals surface area contributed by atoms with E-state index in [0.717, 1.165) is 37.5 Å². The van der Waals surface area contributed by atoms with E-state index in [1.54, 1.807) is 6.20 Å². The van der Waals surface area contributed by atoms with E-state index in [1.165, 1.54) is 0 Å². The van der Waals surface area contributed by atoms with Crippen LogP contribution >= 0.6 is 11.8 Å². The number of thioether (sulfide) groups is 1. The first-order chi connectivity index (χ1) is 9.52. The Kier molecular flexibility index (Phi) is 4.91. The molecule has 20 heavy (non-hydrogen) atoms. The standard InChI is InChI=1S/C15H23N3OS/c1-4-6-16-12-5-7-17-13(10-12)14(19)18-8-9-20-15(2,3)11-18/h5,7,10H,4,6,8-9,11H2,1-3H3,(H,16,17). The Morgan fingerprint density at radius 3 is 3.05 bits per heavy atom. The van der Waals surface area contributed by atoms with Crippen LogP contribution in [0.5, 0.6) is 0 Å². The molecule has 0 aromatic carbocycles. The maximum absolute atomic E-state index is 12.5. The highest BCUT2D eigenvalue weighted by molar-refractivity contribution is 8.00. The third-order valence-corrected chi connectivity index (χ3v) is 4.57. The summed E-state index contributed by atoms with van der Waals surface area (Å²) in [4.78, 5) is 18.7. The molecular formula is C15H23N3OS. The van der Waals surface area contributed by atoms with Crippen LogP contribution in [0.3, 0.4) is 0 Å². The van der Waals surface area contributed by atoms with Crippen LogP contribution in [0.15, 0.2) is 18.3 Å². The second-order valence-electron chi connectivity index (χ2n) is 5.69. The fourth-order valence-corrected chi connectivity index (χ4v) is 3.39. The summed E-state index contributed by atoms with van der Waals surface area (Å²) >= 11 is 1.92. The summed E-state index contributed by atoms with van der Waals surface area (Å²) in [5.74, 6) is 1.03. The summed E-state index contributed by atoms with van der Waals surface area (Å²) in [5, 5.41) is 3.29. The van der Waals surface area contributed by atoms with E-state index >= 15 is 0 Å². The Hall–Kier alpha value is -1.23. The third kappa shape index (κ3) is 3.88. The molecule has 2 heterocycles. The molecule has 1 aliphatic rings. The Morgan fingerprint density at radius 2 is 2.35 bits per heavy atom. The van der Waals surface area contributed by atoms with Crippen molar-refractivity contribution in [2.75, 3.05) is 30.7 Å². The molecule has 1 aromatic heterocycles. The van der Waals surface area contributed by atoms with Crippen LogP contribution in [0.4, 0.5) is 5.69 Å². The van der Waals surface area contributed by atoms with E-state index in [2.05, 4.69) is 31.1 Å². The number of nitrogens with zero attached hydrogens (tertiary/aromatic N) is 2.